The first-order valence-corrected chi connectivity index (χ1v) is 6.18. The number of nitrogens with zero attached hydrogens (tertiary/aromatic N) is 3. The third-order valence-electron chi connectivity index (χ3n) is 2.98. The number of aryl methyl sites for hydroxylation is 1. The van der Waals surface area contributed by atoms with Gasteiger partial charge in [0.25, 0.3) is 0 Å². The molecule has 0 saturated carbocycles. The van der Waals surface area contributed by atoms with E-state index in [9.17, 15) is 20.0 Å². The van der Waals surface area contributed by atoms with Crippen molar-refractivity contribution in [1.82, 2.24) is 9.78 Å². The summed E-state index contributed by atoms with van der Waals surface area (Å²) in [6.45, 7) is 3.09. The quantitative estimate of drug-likeness (QED) is 0.661. The second kappa shape index (κ2) is 5.61. The lowest BCUT2D eigenvalue weighted by Gasteiger charge is -2.12. The van der Waals surface area contributed by atoms with Gasteiger partial charge in [0.1, 0.15) is 23.7 Å². The molecule has 1 unspecified atom stereocenters. The molecule has 2 N–H and O–H groups in total. The Morgan fingerprint density at radius 2 is 2.24 bits per heavy atom. The van der Waals surface area contributed by atoms with Crippen LogP contribution >= 0.6 is 0 Å². The molecule has 1 atom stereocenters. The average Bonchev–Trinajstić information content (AvgIpc) is 2.80. The van der Waals surface area contributed by atoms with Crippen molar-refractivity contribution >= 4 is 17.3 Å². The van der Waals surface area contributed by atoms with Gasteiger partial charge in [0.15, 0.2) is 0 Å². The Kier molecular flexibility index (Phi) is 3.88. The average molecular weight is 290 g/mol. The van der Waals surface area contributed by atoms with E-state index in [0.717, 1.165) is 0 Å². The van der Waals surface area contributed by atoms with E-state index in [-0.39, 0.29) is 17.1 Å². The molecule has 1 amide bonds. The number of hydrogen-bond donors (Lipinski definition) is 2. The molecule has 0 saturated heterocycles. The van der Waals surface area contributed by atoms with E-state index in [0.29, 0.717) is 5.69 Å². The zero-order valence-corrected chi connectivity index (χ0v) is 11.5. The zero-order chi connectivity index (χ0) is 15.6. The van der Waals surface area contributed by atoms with E-state index in [4.69, 9.17) is 0 Å². The number of hydrogen-bond acceptors (Lipinski definition) is 5. The van der Waals surface area contributed by atoms with Crippen molar-refractivity contribution in [3.05, 3.63) is 46.3 Å². The number of carbonyl (C=O) groups excluding carboxylic acids is 1. The molecule has 0 aliphatic rings. The summed E-state index contributed by atoms with van der Waals surface area (Å²) in [5, 5.41) is 26.7. The van der Waals surface area contributed by atoms with E-state index in [1.165, 1.54) is 29.9 Å². The molecule has 2 aromatic rings. The fourth-order valence-electron chi connectivity index (χ4n) is 1.80. The minimum atomic E-state index is -0.722. The van der Waals surface area contributed by atoms with Crippen LogP contribution in [0, 0.1) is 17.0 Å². The molecule has 0 radical (unpaired) electrons. The molecule has 0 bridgehead atoms. The molecule has 1 aromatic heterocycles. The Morgan fingerprint density at radius 1 is 1.52 bits per heavy atom. The highest BCUT2D eigenvalue weighted by Gasteiger charge is 2.22. The first-order chi connectivity index (χ1) is 9.88. The van der Waals surface area contributed by atoms with Crippen molar-refractivity contribution in [2.45, 2.75) is 19.9 Å². The number of phenolic OH excluding ortho intramolecular Hbond substituents is 1. The van der Waals surface area contributed by atoms with Crippen molar-refractivity contribution in [2.24, 2.45) is 0 Å². The van der Waals surface area contributed by atoms with Crippen molar-refractivity contribution in [3.63, 3.8) is 0 Å². The van der Waals surface area contributed by atoms with Gasteiger partial charge in [-0.3, -0.25) is 19.6 Å². The van der Waals surface area contributed by atoms with Crippen LogP contribution in [0.3, 0.4) is 0 Å². The number of aromatic nitrogens is 2. The van der Waals surface area contributed by atoms with E-state index >= 15 is 0 Å². The largest absolute Gasteiger partial charge is 0.508 e. The predicted molar refractivity (Wildman–Crippen MR) is 75.1 cm³/mol. The maximum atomic E-state index is 12.1. The van der Waals surface area contributed by atoms with Gasteiger partial charge in [0.2, 0.25) is 5.91 Å². The monoisotopic (exact) mass is 290 g/mol. The van der Waals surface area contributed by atoms with Crippen LogP contribution in [0.15, 0.2) is 30.5 Å². The standard InChI is InChI=1S/C13H14N4O4/c1-8-12(17(20)21)7-16(15-8)9(2)13(19)14-10-4-3-5-11(18)6-10/h3-7,9,18H,1-2H3,(H,14,19). The van der Waals surface area contributed by atoms with Crippen molar-refractivity contribution < 1.29 is 14.8 Å². The van der Waals surface area contributed by atoms with E-state index < -0.39 is 16.9 Å². The van der Waals surface area contributed by atoms with Crippen LogP contribution in [0.1, 0.15) is 18.7 Å². The van der Waals surface area contributed by atoms with Crippen LogP contribution in [0.4, 0.5) is 11.4 Å². The van der Waals surface area contributed by atoms with Gasteiger partial charge >= 0.3 is 5.69 Å². The molecule has 0 aliphatic carbocycles. The highest BCUT2D eigenvalue weighted by atomic mass is 16.6. The molecule has 110 valence electrons. The van der Waals surface area contributed by atoms with E-state index in [2.05, 4.69) is 10.4 Å². The molecule has 21 heavy (non-hydrogen) atoms. The molecule has 0 fully saturated rings. The lowest BCUT2D eigenvalue weighted by molar-refractivity contribution is -0.385. The van der Waals surface area contributed by atoms with Crippen LogP contribution in [0.25, 0.3) is 0 Å². The lowest BCUT2D eigenvalue weighted by Crippen LogP contribution is -2.24. The molecule has 1 aromatic carbocycles. The molecular formula is C13H14N4O4. The Balaban J connectivity index is 2.16. The Hall–Kier alpha value is -2.90. The topological polar surface area (TPSA) is 110 Å². The second-order valence-electron chi connectivity index (χ2n) is 4.55. The van der Waals surface area contributed by atoms with Crippen molar-refractivity contribution in [3.8, 4) is 5.75 Å². The summed E-state index contributed by atoms with van der Waals surface area (Å²) in [6.07, 6.45) is 1.22. The van der Waals surface area contributed by atoms with Crippen molar-refractivity contribution in [1.29, 1.82) is 0 Å². The van der Waals surface area contributed by atoms with Crippen LogP contribution in [0.2, 0.25) is 0 Å². The summed E-state index contributed by atoms with van der Waals surface area (Å²) in [5.74, 6) is -0.357. The number of nitro groups is 1. The maximum Gasteiger partial charge on any atom is 0.309 e. The first-order valence-electron chi connectivity index (χ1n) is 6.18. The SMILES string of the molecule is Cc1nn(C(C)C(=O)Nc2cccc(O)c2)cc1[N+](=O)[O-]. The Morgan fingerprint density at radius 3 is 2.81 bits per heavy atom. The molecular weight excluding hydrogens is 276 g/mol. The molecule has 1 heterocycles. The summed E-state index contributed by atoms with van der Waals surface area (Å²) in [4.78, 5) is 22.3. The summed E-state index contributed by atoms with van der Waals surface area (Å²) in [7, 11) is 0. The van der Waals surface area contributed by atoms with Gasteiger partial charge in [-0.2, -0.15) is 5.10 Å². The van der Waals surface area contributed by atoms with Gasteiger partial charge in [-0.25, -0.2) is 0 Å². The predicted octanol–water partition coefficient (Wildman–Crippen LogP) is 2.01. The summed E-state index contributed by atoms with van der Waals surface area (Å²) < 4.78 is 1.24. The summed E-state index contributed by atoms with van der Waals surface area (Å²) in [6, 6.07) is 5.39. The number of aromatic hydroxyl groups is 1. The van der Waals surface area contributed by atoms with Crippen LogP contribution in [-0.2, 0) is 4.79 Å². The molecule has 0 spiro atoms. The number of nitrogens with one attached hydrogen (secondary N) is 1. The highest BCUT2D eigenvalue weighted by molar-refractivity contribution is 5.93. The fourth-order valence-corrected chi connectivity index (χ4v) is 1.80. The summed E-state index contributed by atoms with van der Waals surface area (Å²) >= 11 is 0. The van der Waals surface area contributed by atoms with Crippen LogP contribution < -0.4 is 5.32 Å². The molecule has 2 rings (SSSR count). The Labute approximate surface area is 120 Å². The van der Waals surface area contributed by atoms with Crippen LogP contribution in [-0.4, -0.2) is 25.7 Å². The third-order valence-corrected chi connectivity index (χ3v) is 2.98. The zero-order valence-electron chi connectivity index (χ0n) is 11.5. The normalized spacial score (nSPS) is 11.9. The number of benzene rings is 1. The van der Waals surface area contributed by atoms with Gasteiger partial charge in [-0.05, 0) is 26.0 Å². The van der Waals surface area contributed by atoms with Gasteiger partial charge in [0.05, 0.1) is 4.92 Å². The minimum Gasteiger partial charge on any atom is -0.508 e. The molecule has 8 nitrogen and oxygen atoms in total. The van der Waals surface area contributed by atoms with E-state index in [1.54, 1.807) is 19.1 Å². The number of rotatable bonds is 4. The lowest BCUT2D eigenvalue weighted by atomic mass is 10.2. The van der Waals surface area contributed by atoms with Gasteiger partial charge < -0.3 is 10.4 Å². The summed E-state index contributed by atoms with van der Waals surface area (Å²) in [5.41, 5.74) is 0.550. The van der Waals surface area contributed by atoms with Gasteiger partial charge in [-0.15, -0.1) is 0 Å². The highest BCUT2D eigenvalue weighted by Crippen LogP contribution is 2.20. The maximum absolute atomic E-state index is 12.1. The smallest absolute Gasteiger partial charge is 0.309 e. The molecule has 8 heteroatoms. The van der Waals surface area contributed by atoms with Gasteiger partial charge in [0, 0.05) is 11.8 Å². The first kappa shape index (κ1) is 14.5. The minimum absolute atomic E-state index is 0.0334. The number of phenols is 1. The number of carbonyl (C=O) groups is 1. The second-order valence-corrected chi connectivity index (χ2v) is 4.55. The van der Waals surface area contributed by atoms with Crippen LogP contribution in [0.5, 0.6) is 5.75 Å². The van der Waals surface area contributed by atoms with Crippen molar-refractivity contribution in [2.75, 3.05) is 5.32 Å². The number of anilines is 1. The van der Waals surface area contributed by atoms with E-state index in [1.807, 2.05) is 0 Å². The molecule has 0 aliphatic heterocycles. The van der Waals surface area contributed by atoms with Gasteiger partial charge in [-0.1, -0.05) is 6.07 Å². The Bertz CT molecular complexity index is 695. The third kappa shape index (κ3) is 3.16. The fraction of sp³-hybridized carbons (Fsp3) is 0.231. The number of amides is 1.